The van der Waals surface area contributed by atoms with Gasteiger partial charge >= 0.3 is 0 Å². The predicted molar refractivity (Wildman–Crippen MR) is 89.6 cm³/mol. The Labute approximate surface area is 142 Å². The first-order valence-electron chi connectivity index (χ1n) is 8.00. The largest absolute Gasteiger partial charge is 0.487 e. The van der Waals surface area contributed by atoms with Crippen LogP contribution in [-0.2, 0) is 6.61 Å². The van der Waals surface area contributed by atoms with Gasteiger partial charge in [0.1, 0.15) is 23.8 Å². The Morgan fingerprint density at radius 1 is 1.28 bits per heavy atom. The predicted octanol–water partition coefficient (Wildman–Crippen LogP) is 3.10. The summed E-state index contributed by atoms with van der Waals surface area (Å²) in [7, 11) is 0. The number of carbonyl (C=O) groups excluding carboxylic acids is 1. The second-order valence-electron chi connectivity index (χ2n) is 6.17. The van der Waals surface area contributed by atoms with Crippen LogP contribution in [0.15, 0.2) is 47.4 Å². The van der Waals surface area contributed by atoms with Crippen LogP contribution in [0.5, 0.6) is 5.75 Å². The second-order valence-corrected chi connectivity index (χ2v) is 6.17. The molecule has 1 aromatic carbocycles. The van der Waals surface area contributed by atoms with Gasteiger partial charge in [-0.05, 0) is 30.2 Å². The number of carbonyl (C=O) groups is 1. The van der Waals surface area contributed by atoms with Gasteiger partial charge in [-0.2, -0.15) is 0 Å². The van der Waals surface area contributed by atoms with E-state index in [-0.39, 0.29) is 36.1 Å². The number of aromatic nitrogens is 2. The van der Waals surface area contributed by atoms with Gasteiger partial charge in [0, 0.05) is 24.2 Å². The minimum Gasteiger partial charge on any atom is -0.487 e. The standard InChI is InChI=1S/C19H15FN2O3/c1-11-8-14(23)19-15(6-5-13(20)18(11)19)25-10-12-9-17(24)22-7-3-2-4-16(22)21-12/h2-7,9,11H,8,10H2,1H3/t11-/m1/s1. The number of nitrogens with zero attached hydrogens (tertiary/aromatic N) is 2. The molecule has 1 atom stereocenters. The molecule has 25 heavy (non-hydrogen) atoms. The summed E-state index contributed by atoms with van der Waals surface area (Å²) in [6.07, 6.45) is 1.92. The Morgan fingerprint density at radius 3 is 2.96 bits per heavy atom. The SMILES string of the molecule is C[C@@H]1CC(=O)c2c(OCc3cc(=O)n4ccccc4n3)ccc(F)c21. The van der Waals surface area contributed by atoms with Gasteiger partial charge in [0.25, 0.3) is 5.56 Å². The first-order valence-corrected chi connectivity index (χ1v) is 8.00. The molecule has 0 unspecified atom stereocenters. The summed E-state index contributed by atoms with van der Waals surface area (Å²) in [4.78, 5) is 28.7. The van der Waals surface area contributed by atoms with Crippen LogP contribution >= 0.6 is 0 Å². The maximum absolute atomic E-state index is 14.0. The third-order valence-electron chi connectivity index (χ3n) is 4.42. The van der Waals surface area contributed by atoms with E-state index < -0.39 is 0 Å². The highest BCUT2D eigenvalue weighted by Crippen LogP contribution is 2.39. The zero-order valence-corrected chi connectivity index (χ0v) is 13.5. The van der Waals surface area contributed by atoms with Crippen LogP contribution in [0.4, 0.5) is 4.39 Å². The van der Waals surface area contributed by atoms with Gasteiger partial charge in [0.15, 0.2) is 5.78 Å². The van der Waals surface area contributed by atoms with Crippen LogP contribution in [0.3, 0.4) is 0 Å². The van der Waals surface area contributed by atoms with Crippen molar-refractivity contribution in [2.24, 2.45) is 0 Å². The minimum atomic E-state index is -0.386. The van der Waals surface area contributed by atoms with E-state index in [1.807, 2.05) is 6.92 Å². The van der Waals surface area contributed by atoms with Crippen molar-refractivity contribution in [2.75, 3.05) is 0 Å². The Hall–Kier alpha value is -3.02. The van der Waals surface area contributed by atoms with Crippen molar-refractivity contribution >= 4 is 11.4 Å². The third-order valence-corrected chi connectivity index (χ3v) is 4.42. The third kappa shape index (κ3) is 2.59. The molecular weight excluding hydrogens is 323 g/mol. The summed E-state index contributed by atoms with van der Waals surface area (Å²) >= 11 is 0. The van der Waals surface area contributed by atoms with Crippen molar-refractivity contribution in [1.29, 1.82) is 0 Å². The topological polar surface area (TPSA) is 60.7 Å². The first kappa shape index (κ1) is 15.5. The van der Waals surface area contributed by atoms with E-state index in [2.05, 4.69) is 4.98 Å². The lowest BCUT2D eigenvalue weighted by molar-refractivity contribution is 0.0986. The van der Waals surface area contributed by atoms with E-state index in [0.29, 0.717) is 28.2 Å². The highest BCUT2D eigenvalue weighted by molar-refractivity contribution is 6.03. The summed E-state index contributed by atoms with van der Waals surface area (Å²) in [6.45, 7) is 1.85. The van der Waals surface area contributed by atoms with Crippen molar-refractivity contribution in [1.82, 2.24) is 9.38 Å². The first-order chi connectivity index (χ1) is 12.0. The van der Waals surface area contributed by atoms with Gasteiger partial charge in [-0.1, -0.05) is 13.0 Å². The molecule has 0 bridgehead atoms. The van der Waals surface area contributed by atoms with Crippen molar-refractivity contribution < 1.29 is 13.9 Å². The summed E-state index contributed by atoms with van der Waals surface area (Å²) in [5, 5.41) is 0. The van der Waals surface area contributed by atoms with Crippen molar-refractivity contribution in [2.45, 2.75) is 25.9 Å². The Balaban J connectivity index is 1.67. The molecule has 2 heterocycles. The molecule has 3 aromatic rings. The van der Waals surface area contributed by atoms with Crippen LogP contribution < -0.4 is 10.3 Å². The molecule has 2 aromatic heterocycles. The molecule has 1 aliphatic carbocycles. The number of benzene rings is 1. The van der Waals surface area contributed by atoms with Crippen LogP contribution in [0.1, 0.15) is 40.9 Å². The van der Waals surface area contributed by atoms with Crippen LogP contribution in [-0.4, -0.2) is 15.2 Å². The summed E-state index contributed by atoms with van der Waals surface area (Å²) < 4.78 is 21.2. The van der Waals surface area contributed by atoms with Gasteiger partial charge in [-0.15, -0.1) is 0 Å². The highest BCUT2D eigenvalue weighted by atomic mass is 19.1. The van der Waals surface area contributed by atoms with Gasteiger partial charge in [0.2, 0.25) is 0 Å². The summed E-state index contributed by atoms with van der Waals surface area (Å²) in [5.74, 6) is -0.332. The Kier molecular flexibility index (Phi) is 3.60. The fourth-order valence-corrected chi connectivity index (χ4v) is 3.27. The number of ketones is 1. The number of fused-ring (bicyclic) bond motifs is 2. The number of rotatable bonds is 3. The van der Waals surface area contributed by atoms with Gasteiger partial charge in [0.05, 0.1) is 11.3 Å². The molecule has 0 saturated carbocycles. The molecule has 6 heteroatoms. The molecule has 0 amide bonds. The maximum atomic E-state index is 14.0. The van der Waals surface area contributed by atoms with Gasteiger partial charge in [-0.3, -0.25) is 14.0 Å². The fourth-order valence-electron chi connectivity index (χ4n) is 3.27. The fraction of sp³-hybridized carbons (Fsp3) is 0.211. The lowest BCUT2D eigenvalue weighted by Gasteiger charge is -2.12. The monoisotopic (exact) mass is 338 g/mol. The van der Waals surface area contributed by atoms with Gasteiger partial charge < -0.3 is 4.74 Å². The van der Waals surface area contributed by atoms with E-state index >= 15 is 0 Å². The molecule has 126 valence electrons. The van der Waals surface area contributed by atoms with E-state index in [1.54, 1.807) is 24.4 Å². The Morgan fingerprint density at radius 2 is 2.12 bits per heavy atom. The van der Waals surface area contributed by atoms with E-state index in [1.165, 1.54) is 22.6 Å². The molecule has 0 aliphatic heterocycles. The van der Waals surface area contributed by atoms with Crippen molar-refractivity contribution in [3.05, 3.63) is 75.6 Å². The van der Waals surface area contributed by atoms with E-state index in [4.69, 9.17) is 4.74 Å². The lowest BCUT2D eigenvalue weighted by atomic mass is 10.0. The van der Waals surface area contributed by atoms with Gasteiger partial charge in [-0.25, -0.2) is 9.37 Å². The number of hydrogen-bond acceptors (Lipinski definition) is 4. The molecule has 5 nitrogen and oxygen atoms in total. The molecular formula is C19H15FN2O3. The maximum Gasteiger partial charge on any atom is 0.258 e. The zero-order valence-electron chi connectivity index (χ0n) is 13.5. The smallest absolute Gasteiger partial charge is 0.258 e. The molecule has 0 N–H and O–H groups in total. The highest BCUT2D eigenvalue weighted by Gasteiger charge is 2.32. The average molecular weight is 338 g/mol. The van der Waals surface area contributed by atoms with E-state index in [9.17, 15) is 14.0 Å². The number of hydrogen-bond donors (Lipinski definition) is 0. The Bertz CT molecular complexity index is 1060. The number of Topliss-reactive ketones (excluding diaryl/α,β-unsaturated/α-hetero) is 1. The lowest BCUT2D eigenvalue weighted by Crippen LogP contribution is -2.16. The second kappa shape index (κ2) is 5.81. The molecule has 0 spiro atoms. The quantitative estimate of drug-likeness (QED) is 0.736. The number of ether oxygens (including phenoxy) is 1. The summed E-state index contributed by atoms with van der Waals surface area (Å²) in [5.41, 5.74) is 1.48. The molecule has 0 fully saturated rings. The van der Waals surface area contributed by atoms with Crippen LogP contribution in [0.2, 0.25) is 0 Å². The van der Waals surface area contributed by atoms with Crippen molar-refractivity contribution in [3.8, 4) is 5.75 Å². The number of pyridine rings is 1. The zero-order chi connectivity index (χ0) is 17.6. The average Bonchev–Trinajstić information content (AvgIpc) is 2.90. The van der Waals surface area contributed by atoms with Crippen LogP contribution in [0, 0.1) is 5.82 Å². The number of halogens is 1. The molecule has 0 saturated heterocycles. The van der Waals surface area contributed by atoms with Crippen LogP contribution in [0.25, 0.3) is 5.65 Å². The summed E-state index contributed by atoms with van der Waals surface area (Å²) in [6, 6.07) is 9.43. The minimum absolute atomic E-state index is 0.0281. The molecule has 0 radical (unpaired) electrons. The van der Waals surface area contributed by atoms with E-state index in [0.717, 1.165) is 0 Å². The molecule has 4 rings (SSSR count). The normalized spacial score (nSPS) is 16.2. The van der Waals surface area contributed by atoms with Crippen molar-refractivity contribution in [3.63, 3.8) is 0 Å². The molecule has 1 aliphatic rings.